The van der Waals surface area contributed by atoms with Crippen LogP contribution >= 0.6 is 0 Å². The lowest BCUT2D eigenvalue weighted by Crippen LogP contribution is -2.36. The summed E-state index contributed by atoms with van der Waals surface area (Å²) in [6.45, 7) is 3.50. The minimum absolute atomic E-state index is 0.591. The second-order valence-corrected chi connectivity index (χ2v) is 5.01. The highest BCUT2D eigenvalue weighted by Crippen LogP contribution is 2.17. The van der Waals surface area contributed by atoms with Crippen LogP contribution in [0.25, 0.3) is 0 Å². The first-order chi connectivity index (χ1) is 10.8. The molecule has 0 radical (unpaired) electrons. The predicted molar refractivity (Wildman–Crippen MR) is 87.5 cm³/mol. The molecular formula is C17H19N3O2. The van der Waals surface area contributed by atoms with Gasteiger partial charge in [0, 0.05) is 31.1 Å². The van der Waals surface area contributed by atoms with Crippen LogP contribution in [-0.2, 0) is 4.74 Å². The minimum Gasteiger partial charge on any atom is -0.481 e. The molecule has 1 aromatic heterocycles. The monoisotopic (exact) mass is 297 g/mol. The zero-order chi connectivity index (χ0) is 15.2. The summed E-state index contributed by atoms with van der Waals surface area (Å²) in [7, 11) is 1.60. The summed E-state index contributed by atoms with van der Waals surface area (Å²) >= 11 is 0. The summed E-state index contributed by atoms with van der Waals surface area (Å²) in [4.78, 5) is 10.9. The van der Waals surface area contributed by atoms with E-state index >= 15 is 0 Å². The Kier molecular flexibility index (Phi) is 4.65. The summed E-state index contributed by atoms with van der Waals surface area (Å²) in [5.41, 5.74) is 3.09. The van der Waals surface area contributed by atoms with Crippen LogP contribution in [0.5, 0.6) is 5.88 Å². The van der Waals surface area contributed by atoms with Crippen LogP contribution in [0.3, 0.4) is 0 Å². The molecule has 0 spiro atoms. The van der Waals surface area contributed by atoms with Gasteiger partial charge in [0.25, 0.3) is 0 Å². The third kappa shape index (κ3) is 3.62. The number of morpholine rings is 1. The molecule has 22 heavy (non-hydrogen) atoms. The zero-order valence-electron chi connectivity index (χ0n) is 12.6. The average molecular weight is 297 g/mol. The molecular weight excluding hydrogens is 278 g/mol. The third-order valence-electron chi connectivity index (χ3n) is 3.56. The van der Waals surface area contributed by atoms with E-state index in [9.17, 15) is 0 Å². The first kappa shape index (κ1) is 14.5. The SMILES string of the molecule is COc1ccc(N=Cc2ccc(N3CCOCC3)cc2)cn1. The van der Waals surface area contributed by atoms with Crippen molar-refractivity contribution in [3.05, 3.63) is 48.2 Å². The van der Waals surface area contributed by atoms with Gasteiger partial charge in [-0.1, -0.05) is 12.1 Å². The largest absolute Gasteiger partial charge is 0.481 e. The van der Waals surface area contributed by atoms with Gasteiger partial charge < -0.3 is 14.4 Å². The number of aliphatic imine (C=N–C) groups is 1. The van der Waals surface area contributed by atoms with Crippen molar-refractivity contribution in [1.82, 2.24) is 4.98 Å². The maximum atomic E-state index is 5.37. The number of ether oxygens (including phenoxy) is 2. The number of methoxy groups -OCH3 is 1. The van der Waals surface area contributed by atoms with Crippen molar-refractivity contribution < 1.29 is 9.47 Å². The fourth-order valence-electron chi connectivity index (χ4n) is 2.31. The van der Waals surface area contributed by atoms with Crippen molar-refractivity contribution in [3.8, 4) is 5.88 Å². The van der Waals surface area contributed by atoms with Gasteiger partial charge in [-0.2, -0.15) is 0 Å². The lowest BCUT2D eigenvalue weighted by molar-refractivity contribution is 0.122. The molecule has 2 aromatic rings. The van der Waals surface area contributed by atoms with Gasteiger partial charge >= 0.3 is 0 Å². The molecule has 0 amide bonds. The number of aromatic nitrogens is 1. The fourth-order valence-corrected chi connectivity index (χ4v) is 2.31. The molecule has 3 rings (SSSR count). The first-order valence-corrected chi connectivity index (χ1v) is 7.32. The molecule has 1 aliphatic rings. The number of rotatable bonds is 4. The predicted octanol–water partition coefficient (Wildman–Crippen LogP) is 2.68. The number of hydrogen-bond acceptors (Lipinski definition) is 5. The molecule has 1 saturated heterocycles. The molecule has 1 aromatic carbocycles. The van der Waals surface area contributed by atoms with Crippen LogP contribution in [0.4, 0.5) is 11.4 Å². The van der Waals surface area contributed by atoms with Crippen LogP contribution in [0.2, 0.25) is 0 Å². The van der Waals surface area contributed by atoms with Gasteiger partial charge in [0.2, 0.25) is 5.88 Å². The molecule has 5 heteroatoms. The van der Waals surface area contributed by atoms with Gasteiger partial charge in [-0.15, -0.1) is 0 Å². The van der Waals surface area contributed by atoms with Gasteiger partial charge in [-0.05, 0) is 23.8 Å². The minimum atomic E-state index is 0.591. The molecule has 0 aliphatic carbocycles. The average Bonchev–Trinajstić information content (AvgIpc) is 2.61. The van der Waals surface area contributed by atoms with Crippen molar-refractivity contribution in [2.24, 2.45) is 4.99 Å². The van der Waals surface area contributed by atoms with Crippen LogP contribution in [0.15, 0.2) is 47.6 Å². The molecule has 1 aliphatic heterocycles. The van der Waals surface area contributed by atoms with Crippen molar-refractivity contribution in [3.63, 3.8) is 0 Å². The summed E-state index contributed by atoms with van der Waals surface area (Å²) in [5, 5.41) is 0. The number of benzene rings is 1. The van der Waals surface area contributed by atoms with Crippen LogP contribution in [0.1, 0.15) is 5.56 Å². The van der Waals surface area contributed by atoms with E-state index in [-0.39, 0.29) is 0 Å². The van der Waals surface area contributed by atoms with Crippen LogP contribution in [-0.4, -0.2) is 44.6 Å². The van der Waals surface area contributed by atoms with E-state index in [1.54, 1.807) is 19.4 Å². The number of nitrogens with zero attached hydrogens (tertiary/aromatic N) is 3. The molecule has 0 saturated carbocycles. The molecule has 1 fully saturated rings. The van der Waals surface area contributed by atoms with Crippen molar-refractivity contribution in [2.75, 3.05) is 38.3 Å². The molecule has 0 bridgehead atoms. The third-order valence-corrected chi connectivity index (χ3v) is 3.56. The van der Waals surface area contributed by atoms with Crippen LogP contribution in [0, 0.1) is 0 Å². The van der Waals surface area contributed by atoms with E-state index in [4.69, 9.17) is 9.47 Å². The van der Waals surface area contributed by atoms with Gasteiger partial charge in [-0.3, -0.25) is 4.99 Å². The van der Waals surface area contributed by atoms with Gasteiger partial charge in [-0.25, -0.2) is 4.98 Å². The molecule has 2 heterocycles. The quantitative estimate of drug-likeness (QED) is 0.814. The van der Waals surface area contributed by atoms with E-state index in [1.807, 2.05) is 12.3 Å². The standard InChI is InChI=1S/C17H19N3O2/c1-21-17-7-4-15(13-19-17)18-12-14-2-5-16(6-3-14)20-8-10-22-11-9-20/h2-7,12-13H,8-11H2,1H3. The highest BCUT2D eigenvalue weighted by atomic mass is 16.5. The lowest BCUT2D eigenvalue weighted by atomic mass is 10.2. The van der Waals surface area contributed by atoms with E-state index in [0.29, 0.717) is 5.88 Å². The number of pyridine rings is 1. The molecule has 0 N–H and O–H groups in total. The Labute approximate surface area is 130 Å². The molecule has 0 unspecified atom stereocenters. The van der Waals surface area contributed by atoms with Crippen molar-refractivity contribution in [1.29, 1.82) is 0 Å². The maximum absolute atomic E-state index is 5.37. The second kappa shape index (κ2) is 7.04. The fraction of sp³-hybridized carbons (Fsp3) is 0.294. The molecule has 5 nitrogen and oxygen atoms in total. The van der Waals surface area contributed by atoms with Crippen molar-refractivity contribution >= 4 is 17.6 Å². The van der Waals surface area contributed by atoms with E-state index < -0.39 is 0 Å². The Morgan fingerprint density at radius 1 is 1.14 bits per heavy atom. The second-order valence-electron chi connectivity index (χ2n) is 5.01. The zero-order valence-corrected chi connectivity index (χ0v) is 12.6. The lowest BCUT2D eigenvalue weighted by Gasteiger charge is -2.28. The number of anilines is 1. The van der Waals surface area contributed by atoms with E-state index in [0.717, 1.165) is 37.6 Å². The van der Waals surface area contributed by atoms with Gasteiger partial charge in [0.1, 0.15) is 0 Å². The Morgan fingerprint density at radius 3 is 2.55 bits per heavy atom. The normalized spacial score (nSPS) is 15.2. The molecule has 114 valence electrons. The van der Waals surface area contributed by atoms with Gasteiger partial charge in [0.15, 0.2) is 0 Å². The Bertz CT molecular complexity index is 617. The first-order valence-electron chi connectivity index (χ1n) is 7.32. The summed E-state index contributed by atoms with van der Waals surface area (Å²) < 4.78 is 10.4. The van der Waals surface area contributed by atoms with Gasteiger partial charge in [0.05, 0.1) is 32.2 Å². The smallest absolute Gasteiger partial charge is 0.213 e. The topological polar surface area (TPSA) is 47.0 Å². The van der Waals surface area contributed by atoms with E-state index in [1.165, 1.54) is 5.69 Å². The Balaban J connectivity index is 1.65. The summed E-state index contributed by atoms with van der Waals surface area (Å²) in [6, 6.07) is 12.1. The van der Waals surface area contributed by atoms with E-state index in [2.05, 4.69) is 39.1 Å². The van der Waals surface area contributed by atoms with Crippen LogP contribution < -0.4 is 9.64 Å². The summed E-state index contributed by atoms with van der Waals surface area (Å²) in [5.74, 6) is 0.591. The summed E-state index contributed by atoms with van der Waals surface area (Å²) in [6.07, 6.45) is 3.53. The Hall–Kier alpha value is -2.40. The highest BCUT2D eigenvalue weighted by molar-refractivity contribution is 5.82. The Morgan fingerprint density at radius 2 is 1.91 bits per heavy atom. The maximum Gasteiger partial charge on any atom is 0.213 e. The highest BCUT2D eigenvalue weighted by Gasteiger charge is 2.10. The number of hydrogen-bond donors (Lipinski definition) is 0. The van der Waals surface area contributed by atoms with Crippen molar-refractivity contribution in [2.45, 2.75) is 0 Å². The molecule has 0 atom stereocenters.